The van der Waals surface area contributed by atoms with Crippen molar-refractivity contribution in [2.24, 2.45) is 22.4 Å². The molecule has 1 fully saturated rings. The Labute approximate surface area is 165 Å². The molecule has 0 radical (unpaired) electrons. The lowest BCUT2D eigenvalue weighted by atomic mass is 9.88. The Hall–Kier alpha value is -2.45. The third-order valence-corrected chi connectivity index (χ3v) is 5.09. The number of carboxylic acid groups (broad SMARTS) is 1. The second kappa shape index (κ2) is 10.2. The van der Waals surface area contributed by atoms with Gasteiger partial charge in [0, 0.05) is 30.6 Å². The highest BCUT2D eigenvalue weighted by atomic mass is 16.5. The zero-order chi connectivity index (χ0) is 20.6. The monoisotopic (exact) mass is 390 g/mol. The summed E-state index contributed by atoms with van der Waals surface area (Å²) in [6.07, 6.45) is 9.90. The van der Waals surface area contributed by atoms with Crippen molar-refractivity contribution >= 4 is 12.2 Å². The largest absolute Gasteiger partial charge is 0.490 e. The van der Waals surface area contributed by atoms with Crippen LogP contribution < -0.4 is 16.2 Å². The number of aliphatic imine (C=N–C) groups is 1. The summed E-state index contributed by atoms with van der Waals surface area (Å²) in [4.78, 5) is 19.9. The van der Waals surface area contributed by atoms with Crippen molar-refractivity contribution in [2.45, 2.75) is 56.8 Å². The third kappa shape index (κ3) is 6.03. The van der Waals surface area contributed by atoms with Crippen LogP contribution >= 0.6 is 0 Å². The van der Waals surface area contributed by atoms with Crippen LogP contribution in [0.5, 0.6) is 5.75 Å². The molecule has 0 bridgehead atoms. The molecule has 1 aromatic heterocycles. The van der Waals surface area contributed by atoms with Crippen LogP contribution in [-0.2, 0) is 11.2 Å². The van der Waals surface area contributed by atoms with Gasteiger partial charge in [0.1, 0.15) is 5.75 Å². The van der Waals surface area contributed by atoms with Gasteiger partial charge in [-0.05, 0) is 49.9 Å². The number of nitrogens with zero attached hydrogens (tertiary/aromatic N) is 2. The zero-order valence-corrected chi connectivity index (χ0v) is 16.2. The van der Waals surface area contributed by atoms with Gasteiger partial charge in [0.25, 0.3) is 0 Å². The van der Waals surface area contributed by atoms with E-state index in [1.807, 2.05) is 0 Å². The maximum atomic E-state index is 11.7. The van der Waals surface area contributed by atoms with Crippen molar-refractivity contribution in [1.29, 1.82) is 0 Å². The summed E-state index contributed by atoms with van der Waals surface area (Å²) in [5, 5.41) is 20.2. The van der Waals surface area contributed by atoms with E-state index >= 15 is 0 Å². The predicted molar refractivity (Wildman–Crippen MR) is 107 cm³/mol. The lowest BCUT2D eigenvalue weighted by molar-refractivity contribution is -0.160. The van der Waals surface area contributed by atoms with Gasteiger partial charge in [0.05, 0.1) is 18.7 Å². The van der Waals surface area contributed by atoms with Crippen molar-refractivity contribution in [3.8, 4) is 5.75 Å². The number of aromatic nitrogens is 1. The van der Waals surface area contributed by atoms with Crippen LogP contribution in [0.25, 0.3) is 0 Å². The Kier molecular flexibility index (Phi) is 7.95. The highest BCUT2D eigenvalue weighted by Gasteiger charge is 2.43. The van der Waals surface area contributed by atoms with E-state index in [1.54, 1.807) is 18.3 Å². The molecule has 1 aliphatic carbocycles. The molecule has 0 spiro atoms. The van der Waals surface area contributed by atoms with Crippen LogP contribution in [0.4, 0.5) is 0 Å². The number of carboxylic acids is 1. The third-order valence-electron chi connectivity index (χ3n) is 5.09. The maximum absolute atomic E-state index is 11.7. The van der Waals surface area contributed by atoms with E-state index in [0.29, 0.717) is 11.4 Å². The van der Waals surface area contributed by atoms with Gasteiger partial charge in [0.2, 0.25) is 0 Å². The first-order valence-corrected chi connectivity index (χ1v) is 9.54. The number of hydrogen-bond donors (Lipinski definition) is 4. The van der Waals surface area contributed by atoms with Crippen molar-refractivity contribution in [3.05, 3.63) is 36.3 Å². The molecule has 0 amide bonds. The minimum absolute atomic E-state index is 0.0659. The van der Waals surface area contributed by atoms with Gasteiger partial charge in [-0.1, -0.05) is 6.92 Å². The molecule has 1 aromatic rings. The predicted octanol–water partition coefficient (Wildman–Crippen LogP) is 1.27. The van der Waals surface area contributed by atoms with Crippen LogP contribution in [0, 0.1) is 5.92 Å². The molecule has 6 N–H and O–H groups in total. The highest BCUT2D eigenvalue weighted by Crippen LogP contribution is 2.28. The van der Waals surface area contributed by atoms with Crippen molar-refractivity contribution in [1.82, 2.24) is 4.98 Å². The second-order valence-electron chi connectivity index (χ2n) is 7.39. The van der Waals surface area contributed by atoms with E-state index in [2.05, 4.69) is 16.9 Å². The Balaban J connectivity index is 2.06. The molecule has 1 saturated carbocycles. The normalized spacial score (nSPS) is 23.5. The molecule has 1 heterocycles. The molecular weight excluding hydrogens is 360 g/mol. The number of pyridine rings is 1. The average molecular weight is 390 g/mol. The summed E-state index contributed by atoms with van der Waals surface area (Å²) in [7, 11) is 0. The number of nitrogens with two attached hydrogens (primary N) is 2. The fraction of sp³-hybridized carbons (Fsp3) is 0.550. The minimum Gasteiger partial charge on any atom is -0.490 e. The number of rotatable bonds is 9. The van der Waals surface area contributed by atoms with Crippen LogP contribution in [0.3, 0.4) is 0 Å². The van der Waals surface area contributed by atoms with E-state index in [-0.39, 0.29) is 19.1 Å². The van der Waals surface area contributed by atoms with Crippen LogP contribution in [0.1, 0.15) is 38.3 Å². The Morgan fingerprint density at radius 3 is 2.82 bits per heavy atom. The van der Waals surface area contributed by atoms with Gasteiger partial charge in [-0.2, -0.15) is 0 Å². The Morgan fingerprint density at radius 1 is 1.46 bits per heavy atom. The van der Waals surface area contributed by atoms with Crippen LogP contribution in [0.2, 0.25) is 0 Å². The fourth-order valence-electron chi connectivity index (χ4n) is 3.24. The molecule has 1 aliphatic rings. The number of hydrogen-bond acceptors (Lipinski definition) is 7. The fourth-order valence-corrected chi connectivity index (χ4v) is 3.24. The number of aliphatic carboxylic acids is 1. The van der Waals surface area contributed by atoms with Gasteiger partial charge in [-0.25, -0.2) is 4.79 Å². The minimum atomic E-state index is -2.20. The van der Waals surface area contributed by atoms with E-state index in [0.717, 1.165) is 31.6 Å². The van der Waals surface area contributed by atoms with E-state index in [1.165, 1.54) is 18.5 Å². The molecule has 8 nitrogen and oxygen atoms in total. The molecule has 0 saturated heterocycles. The molecule has 28 heavy (non-hydrogen) atoms. The summed E-state index contributed by atoms with van der Waals surface area (Å²) in [5.74, 6) is -0.0705. The first kappa shape index (κ1) is 21.8. The van der Waals surface area contributed by atoms with Gasteiger partial charge in [-0.15, -0.1) is 0 Å². The first-order chi connectivity index (χ1) is 13.3. The summed E-state index contributed by atoms with van der Waals surface area (Å²) in [6.45, 7) is 2.18. The van der Waals surface area contributed by atoms with Crippen LogP contribution in [-0.4, -0.2) is 51.7 Å². The molecule has 8 heteroatoms. The Morgan fingerprint density at radius 2 is 2.18 bits per heavy atom. The van der Waals surface area contributed by atoms with E-state index < -0.39 is 17.6 Å². The van der Waals surface area contributed by atoms with E-state index in [4.69, 9.17) is 16.2 Å². The van der Waals surface area contributed by atoms with Gasteiger partial charge in [-0.3, -0.25) is 9.98 Å². The smallest absolute Gasteiger partial charge is 0.337 e. The summed E-state index contributed by atoms with van der Waals surface area (Å²) in [6, 6.07) is 2.29. The number of ether oxygens (including phenoxy) is 1. The molecule has 2 rings (SSSR count). The van der Waals surface area contributed by atoms with Gasteiger partial charge >= 0.3 is 5.97 Å². The van der Waals surface area contributed by atoms with Crippen molar-refractivity contribution in [3.63, 3.8) is 0 Å². The summed E-state index contributed by atoms with van der Waals surface area (Å²) in [5.41, 5.74) is 9.32. The quantitative estimate of drug-likeness (QED) is 0.465. The van der Waals surface area contributed by atoms with Gasteiger partial charge in [0.15, 0.2) is 5.60 Å². The van der Waals surface area contributed by atoms with Gasteiger partial charge < -0.3 is 26.4 Å². The molecule has 0 aliphatic heterocycles. The zero-order valence-electron chi connectivity index (χ0n) is 16.2. The molecule has 154 valence electrons. The topological polar surface area (TPSA) is 144 Å². The molecule has 0 aromatic carbocycles. The molecular formula is C20H30N4O4. The highest BCUT2D eigenvalue weighted by molar-refractivity contribution is 5.79. The molecule has 0 unspecified atom stereocenters. The average Bonchev–Trinajstić information content (AvgIpc) is 2.67. The second-order valence-corrected chi connectivity index (χ2v) is 7.39. The summed E-state index contributed by atoms with van der Waals surface area (Å²) < 4.78 is 6.03. The maximum Gasteiger partial charge on any atom is 0.337 e. The Bertz CT molecular complexity index is 701. The number of allylic oxidation sites excluding steroid dienone is 1. The summed E-state index contributed by atoms with van der Waals surface area (Å²) >= 11 is 0. The van der Waals surface area contributed by atoms with Crippen molar-refractivity contribution < 1.29 is 19.7 Å². The number of carbonyl (C=O) groups is 1. The lowest BCUT2D eigenvalue weighted by Crippen LogP contribution is -2.57. The number of aliphatic hydroxyl groups is 1. The van der Waals surface area contributed by atoms with E-state index in [9.17, 15) is 15.0 Å². The lowest BCUT2D eigenvalue weighted by Gasteiger charge is -2.29. The van der Waals surface area contributed by atoms with Crippen molar-refractivity contribution in [2.75, 3.05) is 6.54 Å². The standard InChI is InChI=1S/C20H30N4O4/c1-14-3-5-16(6-4-14)28-17-7-10-24-15(11-17)12-20(27,19(25)26)18(22)13-23-9-2-8-21/h2,7-11,14,16,18,27H,3-6,12-13,21-22H2,1H3,(H,25,26)/t14?,16?,18-,20+/m0/s1. The SMILES string of the molecule is CC1CCC(Oc2ccnc(C[C@](O)(C(=O)O)[C@@H](N)CN=CC=CN)c2)CC1. The molecule has 2 atom stereocenters. The van der Waals surface area contributed by atoms with Crippen LogP contribution in [0.15, 0.2) is 35.6 Å². The first-order valence-electron chi connectivity index (χ1n) is 9.54.